The van der Waals surface area contributed by atoms with Gasteiger partial charge in [0.25, 0.3) is 11.8 Å². The number of fused-ring (bicyclic) bond motifs is 4. The number of aliphatic carboxylic acids is 1. The third-order valence-corrected chi connectivity index (χ3v) is 15.1. The zero-order valence-electron chi connectivity index (χ0n) is 43.5. The fourth-order valence-corrected chi connectivity index (χ4v) is 10.9. The molecule has 4 aliphatic rings. The first-order chi connectivity index (χ1) is 38.4. The van der Waals surface area contributed by atoms with E-state index in [0.717, 1.165) is 70.1 Å². The molecule has 79 heavy (non-hydrogen) atoms. The van der Waals surface area contributed by atoms with Gasteiger partial charge in [-0.15, -0.1) is 22.7 Å². The van der Waals surface area contributed by atoms with Crippen molar-refractivity contribution in [2.45, 2.75) is 38.8 Å². The van der Waals surface area contributed by atoms with E-state index in [1.54, 1.807) is 63.7 Å². The third-order valence-electron chi connectivity index (χ3n) is 13.7. The molecule has 3 amide bonds. The number of carbonyl (C=O) groups is 4. The monoisotopic (exact) mass is 1110 g/mol. The number of carboxylic acids is 1. The lowest BCUT2D eigenvalue weighted by molar-refractivity contribution is -0.142. The predicted octanol–water partition coefficient (Wildman–Crippen LogP) is 7.61. The van der Waals surface area contributed by atoms with Crippen LogP contribution in [0.15, 0.2) is 83.8 Å². The van der Waals surface area contributed by atoms with Gasteiger partial charge in [-0.25, -0.2) is 9.97 Å². The van der Waals surface area contributed by atoms with E-state index in [2.05, 4.69) is 51.4 Å². The number of amides is 3. The average Bonchev–Trinajstić information content (AvgIpc) is 4.37. The fourth-order valence-electron chi connectivity index (χ4n) is 9.60. The number of nitrogens with two attached hydrogens (primary N) is 1. The Morgan fingerprint density at radius 2 is 1.10 bits per heavy atom. The number of carboxylic acid groups (broad SMARTS) is 1. The zero-order chi connectivity index (χ0) is 55.2. The maximum Gasteiger partial charge on any atom is 0.308 e. The smallest absolute Gasteiger partial charge is 0.308 e. The number of hydrogen-bond acceptors (Lipinski definition) is 21. The van der Waals surface area contributed by atoms with Gasteiger partial charge in [0.2, 0.25) is 17.8 Å². The lowest BCUT2D eigenvalue weighted by Crippen LogP contribution is -2.41. The Balaban J connectivity index is 0.000000153. The van der Waals surface area contributed by atoms with Crippen molar-refractivity contribution in [3.05, 3.63) is 106 Å². The summed E-state index contributed by atoms with van der Waals surface area (Å²) >= 11 is 2.86. The minimum atomic E-state index is -0.780. The SMILES string of the molecule is COc1ccc(Nc2nc(N3CCCC(C(=O)Nc4ccc5c(c4)CNC5=O)C3)nc3scnc23)cc1OC.COc1ccc(Nc2nc(N3CCCC(C(=O)O)C3)nc3scnc23)cc1OC.Nc1ccc2c(c1)CNC2=O. The van der Waals surface area contributed by atoms with Crippen LogP contribution < -0.4 is 61.1 Å². The molecule has 0 saturated carbocycles. The second kappa shape index (κ2) is 23.6. The van der Waals surface area contributed by atoms with Gasteiger partial charge in [-0.3, -0.25) is 19.2 Å². The fraction of sp³-hybridized carbons (Fsp3) is 0.296. The Kier molecular flexibility index (Phi) is 16.0. The van der Waals surface area contributed by atoms with Crippen molar-refractivity contribution < 1.29 is 43.2 Å². The molecule has 2 unspecified atom stereocenters. The Bertz CT molecular complexity index is 3600. The van der Waals surface area contributed by atoms with E-state index in [-0.39, 0.29) is 23.6 Å². The number of piperidine rings is 2. The summed E-state index contributed by atoms with van der Waals surface area (Å²) in [7, 11) is 6.36. The van der Waals surface area contributed by atoms with Crippen molar-refractivity contribution in [1.29, 1.82) is 0 Å². The van der Waals surface area contributed by atoms with Crippen LogP contribution in [0.2, 0.25) is 0 Å². The van der Waals surface area contributed by atoms with Gasteiger partial charge in [0, 0.05) is 85.3 Å². The highest BCUT2D eigenvalue weighted by Crippen LogP contribution is 2.36. The topological polar surface area (TPSA) is 295 Å². The van der Waals surface area contributed by atoms with E-state index in [0.29, 0.717) is 107 Å². The summed E-state index contributed by atoms with van der Waals surface area (Å²) in [6.07, 6.45) is 3.07. The first kappa shape index (κ1) is 53.3. The molecule has 8 aromatic rings. The Morgan fingerprint density at radius 3 is 1.62 bits per heavy atom. The minimum Gasteiger partial charge on any atom is -0.493 e. The highest BCUT2D eigenvalue weighted by atomic mass is 32.1. The first-order valence-electron chi connectivity index (χ1n) is 25.2. The molecule has 2 fully saturated rings. The molecule has 0 radical (unpaired) electrons. The van der Waals surface area contributed by atoms with Crippen LogP contribution in [-0.4, -0.2) is 113 Å². The highest BCUT2D eigenvalue weighted by molar-refractivity contribution is 7.16. The lowest BCUT2D eigenvalue weighted by atomic mass is 9.97. The number of carbonyl (C=O) groups excluding carboxylic acids is 3. The molecule has 0 bridgehead atoms. The molecule has 4 aromatic heterocycles. The number of benzene rings is 4. The summed E-state index contributed by atoms with van der Waals surface area (Å²) < 4.78 is 21.4. The first-order valence-corrected chi connectivity index (χ1v) is 27.0. The van der Waals surface area contributed by atoms with Gasteiger partial charge in [-0.05, 0) is 97.5 Å². The second-order valence-corrected chi connectivity index (χ2v) is 20.4. The number of nitrogen functional groups attached to an aromatic ring is 1. The van der Waals surface area contributed by atoms with E-state index in [4.69, 9.17) is 34.6 Å². The summed E-state index contributed by atoms with van der Waals surface area (Å²) in [4.78, 5) is 80.7. The van der Waals surface area contributed by atoms with Crippen LogP contribution in [0.3, 0.4) is 0 Å². The second-order valence-electron chi connectivity index (χ2n) is 18.7. The van der Waals surface area contributed by atoms with Crippen molar-refractivity contribution >= 4 is 113 Å². The normalized spacial score (nSPS) is 16.3. The van der Waals surface area contributed by atoms with E-state index < -0.39 is 11.9 Å². The molecule has 0 spiro atoms. The van der Waals surface area contributed by atoms with Gasteiger partial charge >= 0.3 is 5.97 Å². The molecule has 25 heteroatoms. The number of methoxy groups -OCH3 is 4. The number of thiazole rings is 2. The van der Waals surface area contributed by atoms with Gasteiger partial charge in [-0.1, -0.05) is 0 Å². The molecule has 2 saturated heterocycles. The van der Waals surface area contributed by atoms with Crippen molar-refractivity contribution in [2.24, 2.45) is 11.8 Å². The largest absolute Gasteiger partial charge is 0.493 e. The molecular weight excluding hydrogens is 1050 g/mol. The van der Waals surface area contributed by atoms with Crippen LogP contribution in [0.4, 0.5) is 46.3 Å². The van der Waals surface area contributed by atoms with Crippen molar-refractivity contribution in [2.75, 3.05) is 86.1 Å². The van der Waals surface area contributed by atoms with Crippen molar-refractivity contribution in [3.63, 3.8) is 0 Å². The molecule has 23 nitrogen and oxygen atoms in total. The summed E-state index contributed by atoms with van der Waals surface area (Å²) in [5.41, 5.74) is 16.6. The highest BCUT2D eigenvalue weighted by Gasteiger charge is 2.30. The van der Waals surface area contributed by atoms with E-state index in [1.165, 1.54) is 22.7 Å². The maximum atomic E-state index is 13.2. The number of nitrogens with one attached hydrogen (secondary N) is 5. The molecule has 4 aliphatic heterocycles. The Labute approximate surface area is 460 Å². The van der Waals surface area contributed by atoms with Gasteiger partial charge in [0.1, 0.15) is 11.0 Å². The number of aromatic nitrogens is 6. The number of rotatable bonds is 13. The van der Waals surface area contributed by atoms with Crippen LogP contribution in [0.25, 0.3) is 20.7 Å². The van der Waals surface area contributed by atoms with Gasteiger partial charge in [0.15, 0.2) is 44.3 Å². The third kappa shape index (κ3) is 11.9. The van der Waals surface area contributed by atoms with Gasteiger partial charge < -0.3 is 66.2 Å². The van der Waals surface area contributed by atoms with Crippen LogP contribution in [0, 0.1) is 11.8 Å². The minimum absolute atomic E-state index is 0.000000000000000222. The molecule has 12 rings (SSSR count). The molecule has 8 heterocycles. The van der Waals surface area contributed by atoms with Crippen LogP contribution >= 0.6 is 22.7 Å². The van der Waals surface area contributed by atoms with Gasteiger partial charge in [0.05, 0.1) is 51.3 Å². The standard InChI is InChI=1S/C27H27N7O4S.C19H21N5O4S.C8H8N2O/c1-37-20-8-6-18(11-21(20)38-2)30-23-22-26(39-14-29-22)33-27(32-23)34-9-3-4-15(13-34)24(35)31-17-5-7-19-16(10-17)12-28-25(19)36;1-27-13-6-5-12(8-14(13)28-2)21-16-15-17(29-10-20-15)23-19(22-16)24-7-3-4-11(9-24)18(25)26;9-6-1-2-7-5(3-6)4-10-8(7)11/h5-8,10-11,14-15H,3-4,9,12-13H2,1-2H3,(H,28,36)(H,31,35)(H,30,32,33);5-6,8,10-11H,3-4,7,9H2,1-2H3,(H,25,26)(H,21,22,23);1-3H,4,9H2,(H,10,11). The van der Waals surface area contributed by atoms with E-state index >= 15 is 0 Å². The quantitative estimate of drug-likeness (QED) is 0.0547. The lowest BCUT2D eigenvalue weighted by Gasteiger charge is -2.32. The molecule has 0 aliphatic carbocycles. The number of anilines is 8. The number of hydrogen-bond donors (Lipinski definition) is 7. The zero-order valence-corrected chi connectivity index (χ0v) is 45.1. The summed E-state index contributed by atoms with van der Waals surface area (Å²) in [6, 6.07) is 21.7. The summed E-state index contributed by atoms with van der Waals surface area (Å²) in [5, 5.41) is 24.6. The summed E-state index contributed by atoms with van der Waals surface area (Å²) in [5.74, 6) is 3.12. The van der Waals surface area contributed by atoms with E-state index in [1.807, 2.05) is 53.4 Å². The van der Waals surface area contributed by atoms with Crippen LogP contribution in [0.1, 0.15) is 57.5 Å². The predicted molar refractivity (Wildman–Crippen MR) is 302 cm³/mol. The maximum absolute atomic E-state index is 13.2. The Hall–Kier alpha value is -9.10. The molecule has 4 aromatic carbocycles. The van der Waals surface area contributed by atoms with Gasteiger partial charge in [-0.2, -0.15) is 19.9 Å². The Morgan fingerprint density at radius 1 is 0.620 bits per heavy atom. The van der Waals surface area contributed by atoms with Crippen molar-refractivity contribution in [3.8, 4) is 23.0 Å². The van der Waals surface area contributed by atoms with E-state index in [9.17, 15) is 24.3 Å². The average molecular weight is 1110 g/mol. The molecule has 408 valence electrons. The van der Waals surface area contributed by atoms with Crippen molar-refractivity contribution in [1.82, 2.24) is 40.5 Å². The molecule has 8 N–H and O–H groups in total. The van der Waals surface area contributed by atoms with Crippen LogP contribution in [-0.2, 0) is 22.7 Å². The molecular formula is C54H56N14O9S2. The number of nitrogens with zero attached hydrogens (tertiary/aromatic N) is 8. The number of ether oxygens (including phenoxy) is 4. The van der Waals surface area contributed by atoms with Crippen LogP contribution in [0.5, 0.6) is 23.0 Å². The molecule has 2 atom stereocenters. The summed E-state index contributed by atoms with van der Waals surface area (Å²) in [6.45, 7) is 3.46.